The molecular weight excluding hydrogens is 383 g/mol. The molecule has 0 radical (unpaired) electrons. The number of hydrogen-bond acceptors (Lipinski definition) is 4. The number of carbonyl (C=O) groups excluding carboxylic acids is 1. The Morgan fingerprint density at radius 2 is 1.80 bits per heavy atom. The highest BCUT2D eigenvalue weighted by atomic mass is 19.1. The summed E-state index contributed by atoms with van der Waals surface area (Å²) < 4.78 is 24.7. The lowest BCUT2D eigenvalue weighted by molar-refractivity contribution is -0.121. The lowest BCUT2D eigenvalue weighted by atomic mass is 9.74. The van der Waals surface area contributed by atoms with Crippen LogP contribution in [-0.2, 0) is 21.4 Å². The van der Waals surface area contributed by atoms with Gasteiger partial charge in [0.1, 0.15) is 11.6 Å². The number of rotatable bonds is 6. The number of aryl methyl sites for hydroxylation is 1. The Kier molecular flexibility index (Phi) is 5.95. The van der Waals surface area contributed by atoms with E-state index in [2.05, 4.69) is 10.3 Å². The molecule has 1 N–H and O–H groups in total. The third-order valence-electron chi connectivity index (χ3n) is 5.77. The molecule has 2 aromatic carbocycles. The van der Waals surface area contributed by atoms with E-state index in [1.807, 2.05) is 37.3 Å². The van der Waals surface area contributed by atoms with E-state index < -0.39 is 0 Å². The summed E-state index contributed by atoms with van der Waals surface area (Å²) in [5, 5.41) is 3.06. The predicted octanol–water partition coefficient (Wildman–Crippen LogP) is 4.20. The maximum absolute atomic E-state index is 13.4. The Bertz CT molecular complexity index is 993. The van der Waals surface area contributed by atoms with Crippen LogP contribution in [0.1, 0.15) is 29.9 Å². The minimum atomic E-state index is -0.263. The molecule has 1 aliphatic rings. The molecule has 1 amide bonds. The quantitative estimate of drug-likeness (QED) is 0.664. The van der Waals surface area contributed by atoms with Crippen molar-refractivity contribution in [1.82, 2.24) is 10.3 Å². The molecular formula is C24H25FN2O3. The largest absolute Gasteiger partial charge is 0.441 e. The summed E-state index contributed by atoms with van der Waals surface area (Å²) in [5.41, 5.74) is 2.28. The molecule has 0 unspecified atom stereocenters. The maximum Gasteiger partial charge on any atom is 0.226 e. The average molecular weight is 408 g/mol. The summed E-state index contributed by atoms with van der Waals surface area (Å²) in [7, 11) is 0. The van der Waals surface area contributed by atoms with Crippen molar-refractivity contribution in [3.05, 3.63) is 77.4 Å². The van der Waals surface area contributed by atoms with Gasteiger partial charge in [0.15, 0.2) is 0 Å². The van der Waals surface area contributed by atoms with Crippen LogP contribution in [-0.4, -0.2) is 30.6 Å². The van der Waals surface area contributed by atoms with E-state index in [0.717, 1.165) is 24.0 Å². The van der Waals surface area contributed by atoms with Gasteiger partial charge in [0, 0.05) is 30.7 Å². The second-order valence-corrected chi connectivity index (χ2v) is 7.74. The molecule has 1 saturated heterocycles. The summed E-state index contributed by atoms with van der Waals surface area (Å²) in [6.45, 7) is 3.54. The zero-order valence-electron chi connectivity index (χ0n) is 17.0. The van der Waals surface area contributed by atoms with Gasteiger partial charge < -0.3 is 14.5 Å². The maximum atomic E-state index is 13.4. The second kappa shape index (κ2) is 8.79. The van der Waals surface area contributed by atoms with Gasteiger partial charge in [-0.15, -0.1) is 0 Å². The average Bonchev–Trinajstić information content (AvgIpc) is 3.14. The van der Waals surface area contributed by atoms with Crippen molar-refractivity contribution < 1.29 is 18.3 Å². The van der Waals surface area contributed by atoms with Gasteiger partial charge in [-0.05, 0) is 49.6 Å². The fourth-order valence-corrected chi connectivity index (χ4v) is 3.91. The van der Waals surface area contributed by atoms with E-state index in [4.69, 9.17) is 9.15 Å². The number of amides is 1. The molecule has 0 aliphatic carbocycles. The topological polar surface area (TPSA) is 64.4 Å². The van der Waals surface area contributed by atoms with Crippen LogP contribution in [0.2, 0.25) is 0 Å². The molecule has 0 atom stereocenters. The zero-order valence-corrected chi connectivity index (χ0v) is 17.0. The van der Waals surface area contributed by atoms with E-state index in [9.17, 15) is 9.18 Å². The lowest BCUT2D eigenvalue weighted by Crippen LogP contribution is -2.45. The van der Waals surface area contributed by atoms with Gasteiger partial charge in [-0.25, -0.2) is 9.37 Å². The third-order valence-corrected chi connectivity index (χ3v) is 5.77. The number of nitrogens with zero attached hydrogens (tertiary/aromatic N) is 1. The Morgan fingerprint density at radius 1 is 1.10 bits per heavy atom. The first-order valence-electron chi connectivity index (χ1n) is 10.2. The molecule has 0 spiro atoms. The van der Waals surface area contributed by atoms with Crippen molar-refractivity contribution >= 4 is 5.91 Å². The fraction of sp³-hybridized carbons (Fsp3) is 0.333. The molecule has 1 fully saturated rings. The highest BCUT2D eigenvalue weighted by Gasteiger charge is 2.35. The number of oxazole rings is 1. The van der Waals surface area contributed by atoms with Crippen LogP contribution in [0.15, 0.2) is 59.0 Å². The first-order valence-corrected chi connectivity index (χ1v) is 10.2. The van der Waals surface area contributed by atoms with Gasteiger partial charge in [-0.1, -0.05) is 30.3 Å². The molecule has 0 bridgehead atoms. The van der Waals surface area contributed by atoms with Gasteiger partial charge in [-0.2, -0.15) is 0 Å². The van der Waals surface area contributed by atoms with Crippen LogP contribution >= 0.6 is 0 Å². The number of nitrogens with one attached hydrogen (secondary N) is 1. The smallest absolute Gasteiger partial charge is 0.226 e. The zero-order chi connectivity index (χ0) is 21.0. The van der Waals surface area contributed by atoms with Crippen molar-refractivity contribution in [1.29, 1.82) is 0 Å². The molecule has 0 saturated carbocycles. The lowest BCUT2D eigenvalue weighted by Gasteiger charge is -2.38. The molecule has 1 aliphatic heterocycles. The van der Waals surface area contributed by atoms with Crippen LogP contribution in [0.4, 0.5) is 4.39 Å². The summed E-state index contributed by atoms with van der Waals surface area (Å²) in [4.78, 5) is 17.2. The number of ether oxygens (including phenoxy) is 1. The standard InChI is InChI=1S/C24H25FN2O3/c1-17-21(27-23(30-17)18-5-3-2-4-6-18)15-22(28)26-16-24(11-13-29-14-12-24)19-7-9-20(25)10-8-19/h2-10H,11-16H2,1H3,(H,26,28). The highest BCUT2D eigenvalue weighted by Crippen LogP contribution is 2.34. The summed E-state index contributed by atoms with van der Waals surface area (Å²) in [5.74, 6) is 0.783. The first kappa shape index (κ1) is 20.3. The third kappa shape index (κ3) is 4.44. The van der Waals surface area contributed by atoms with Crippen molar-refractivity contribution in [2.24, 2.45) is 0 Å². The van der Waals surface area contributed by atoms with Gasteiger partial charge in [0.05, 0.1) is 12.1 Å². The summed E-state index contributed by atoms with van der Waals surface area (Å²) in [6.07, 6.45) is 1.71. The fourth-order valence-electron chi connectivity index (χ4n) is 3.91. The highest BCUT2D eigenvalue weighted by molar-refractivity contribution is 5.78. The van der Waals surface area contributed by atoms with Crippen LogP contribution < -0.4 is 5.32 Å². The molecule has 1 aromatic heterocycles. The summed E-state index contributed by atoms with van der Waals surface area (Å²) in [6, 6.07) is 16.2. The van der Waals surface area contributed by atoms with Gasteiger partial charge in [0.25, 0.3) is 0 Å². The molecule has 156 valence electrons. The predicted molar refractivity (Wildman–Crippen MR) is 112 cm³/mol. The van der Waals surface area contributed by atoms with Crippen LogP contribution in [0.25, 0.3) is 11.5 Å². The molecule has 30 heavy (non-hydrogen) atoms. The number of halogens is 1. The molecule has 5 nitrogen and oxygen atoms in total. The van der Waals surface area contributed by atoms with Crippen molar-refractivity contribution in [2.75, 3.05) is 19.8 Å². The second-order valence-electron chi connectivity index (χ2n) is 7.74. The minimum absolute atomic E-state index is 0.112. The van der Waals surface area contributed by atoms with Gasteiger partial charge in [-0.3, -0.25) is 4.79 Å². The van der Waals surface area contributed by atoms with Crippen molar-refractivity contribution in [3.8, 4) is 11.5 Å². The van der Waals surface area contributed by atoms with Crippen LogP contribution in [0.5, 0.6) is 0 Å². The van der Waals surface area contributed by atoms with E-state index in [0.29, 0.717) is 37.1 Å². The number of aromatic nitrogens is 1. The van der Waals surface area contributed by atoms with E-state index in [-0.39, 0.29) is 23.6 Å². The van der Waals surface area contributed by atoms with Gasteiger partial charge in [0.2, 0.25) is 11.8 Å². The van der Waals surface area contributed by atoms with Gasteiger partial charge >= 0.3 is 0 Å². The molecule has 4 rings (SSSR count). The molecule has 2 heterocycles. The van der Waals surface area contributed by atoms with Crippen molar-refractivity contribution in [3.63, 3.8) is 0 Å². The van der Waals surface area contributed by atoms with Crippen LogP contribution in [0.3, 0.4) is 0 Å². The van der Waals surface area contributed by atoms with E-state index in [1.54, 1.807) is 12.1 Å². The first-order chi connectivity index (χ1) is 14.6. The SMILES string of the molecule is Cc1oc(-c2ccccc2)nc1CC(=O)NCC1(c2ccc(F)cc2)CCOCC1. The summed E-state index contributed by atoms with van der Waals surface area (Å²) >= 11 is 0. The Morgan fingerprint density at radius 3 is 2.50 bits per heavy atom. The molecule has 6 heteroatoms. The van der Waals surface area contributed by atoms with E-state index >= 15 is 0 Å². The Balaban J connectivity index is 1.44. The van der Waals surface area contributed by atoms with Crippen LogP contribution in [0, 0.1) is 12.7 Å². The van der Waals surface area contributed by atoms with E-state index in [1.165, 1.54) is 12.1 Å². The Labute approximate surface area is 175 Å². The minimum Gasteiger partial charge on any atom is -0.441 e. The number of carbonyl (C=O) groups is 1. The molecule has 3 aromatic rings. The number of benzene rings is 2. The normalized spacial score (nSPS) is 15.7. The van der Waals surface area contributed by atoms with Crippen molar-refractivity contribution in [2.45, 2.75) is 31.6 Å². The monoisotopic (exact) mass is 408 g/mol. The Hall–Kier alpha value is -2.99. The number of hydrogen-bond donors (Lipinski definition) is 1.